The maximum atomic E-state index is 12.9. The summed E-state index contributed by atoms with van der Waals surface area (Å²) >= 11 is 0. The highest BCUT2D eigenvalue weighted by Gasteiger charge is 2.26. The molecule has 0 aromatic heterocycles. The highest BCUT2D eigenvalue weighted by Crippen LogP contribution is 2.38. The molecule has 1 atom stereocenters. The Balaban J connectivity index is 2.19. The minimum atomic E-state index is -0.0581. The third-order valence-corrected chi connectivity index (χ3v) is 3.98. The van der Waals surface area contributed by atoms with Gasteiger partial charge < -0.3 is 29.2 Å². The quantitative estimate of drug-likeness (QED) is 0.805. The zero-order valence-electron chi connectivity index (χ0n) is 14.8. The molecule has 1 N–H and O–H groups in total. The van der Waals surface area contributed by atoms with Crippen molar-refractivity contribution in [2.24, 2.45) is 0 Å². The van der Waals surface area contributed by atoms with Crippen LogP contribution in [-0.4, -0.2) is 71.0 Å². The summed E-state index contributed by atoms with van der Waals surface area (Å²) in [5.41, 5.74) is 0.515. The van der Waals surface area contributed by atoms with Gasteiger partial charge in [-0.2, -0.15) is 0 Å². The van der Waals surface area contributed by atoms with Gasteiger partial charge in [-0.15, -0.1) is 0 Å². The highest BCUT2D eigenvalue weighted by molar-refractivity contribution is 5.95. The lowest BCUT2D eigenvalue weighted by atomic mass is 10.1. The maximum absolute atomic E-state index is 12.9. The first-order valence-corrected chi connectivity index (χ1v) is 8.05. The molecule has 1 fully saturated rings. The number of carbonyl (C=O) groups is 1. The number of hydrogen-bond acceptors (Lipinski definition) is 6. The fraction of sp³-hybridized carbons (Fsp3) is 0.588. The van der Waals surface area contributed by atoms with Crippen LogP contribution < -0.4 is 19.5 Å². The summed E-state index contributed by atoms with van der Waals surface area (Å²) in [4.78, 5) is 14.7. The van der Waals surface area contributed by atoms with Gasteiger partial charge in [0.05, 0.1) is 27.9 Å². The Morgan fingerprint density at radius 1 is 1.21 bits per heavy atom. The van der Waals surface area contributed by atoms with Gasteiger partial charge in [-0.3, -0.25) is 4.79 Å². The number of methoxy groups -OCH3 is 3. The first-order chi connectivity index (χ1) is 11.6. The van der Waals surface area contributed by atoms with E-state index in [1.54, 1.807) is 12.1 Å². The monoisotopic (exact) mass is 338 g/mol. The third-order valence-electron chi connectivity index (χ3n) is 3.98. The topological polar surface area (TPSA) is 69.3 Å². The third kappa shape index (κ3) is 4.10. The number of rotatable bonds is 7. The molecule has 1 heterocycles. The van der Waals surface area contributed by atoms with E-state index in [0.29, 0.717) is 49.1 Å². The number of benzene rings is 1. The van der Waals surface area contributed by atoms with E-state index < -0.39 is 0 Å². The molecule has 1 unspecified atom stereocenters. The van der Waals surface area contributed by atoms with Crippen molar-refractivity contribution in [1.29, 1.82) is 0 Å². The number of piperazine rings is 1. The average Bonchev–Trinajstić information content (AvgIpc) is 2.64. The van der Waals surface area contributed by atoms with Crippen LogP contribution in [0.4, 0.5) is 0 Å². The van der Waals surface area contributed by atoms with Crippen molar-refractivity contribution < 1.29 is 23.7 Å². The van der Waals surface area contributed by atoms with E-state index in [9.17, 15) is 4.79 Å². The smallest absolute Gasteiger partial charge is 0.254 e. The zero-order chi connectivity index (χ0) is 17.5. The van der Waals surface area contributed by atoms with Gasteiger partial charge in [0.2, 0.25) is 5.75 Å². The fourth-order valence-electron chi connectivity index (χ4n) is 2.77. The van der Waals surface area contributed by atoms with Crippen LogP contribution >= 0.6 is 0 Å². The lowest BCUT2D eigenvalue weighted by Gasteiger charge is -2.33. The predicted molar refractivity (Wildman–Crippen MR) is 90.3 cm³/mol. The van der Waals surface area contributed by atoms with Gasteiger partial charge in [0.25, 0.3) is 5.91 Å². The average molecular weight is 338 g/mol. The van der Waals surface area contributed by atoms with Gasteiger partial charge in [-0.05, 0) is 19.1 Å². The van der Waals surface area contributed by atoms with Crippen LogP contribution in [0.2, 0.25) is 0 Å². The molecule has 7 nitrogen and oxygen atoms in total. The number of ether oxygens (including phenoxy) is 4. The lowest BCUT2D eigenvalue weighted by molar-refractivity contribution is 0.0599. The lowest BCUT2D eigenvalue weighted by Crippen LogP contribution is -2.54. The van der Waals surface area contributed by atoms with E-state index in [-0.39, 0.29) is 11.9 Å². The molecule has 1 amide bonds. The van der Waals surface area contributed by atoms with Crippen molar-refractivity contribution in [2.45, 2.75) is 13.0 Å². The second-order valence-corrected chi connectivity index (χ2v) is 5.48. The summed E-state index contributed by atoms with van der Waals surface area (Å²) in [7, 11) is 4.61. The van der Waals surface area contributed by atoms with E-state index >= 15 is 0 Å². The molecule has 1 aromatic rings. The van der Waals surface area contributed by atoms with E-state index in [0.717, 1.165) is 6.54 Å². The van der Waals surface area contributed by atoms with Gasteiger partial charge in [0, 0.05) is 37.8 Å². The molecular formula is C17H26N2O5. The summed E-state index contributed by atoms with van der Waals surface area (Å²) in [5, 5.41) is 3.37. The maximum Gasteiger partial charge on any atom is 0.254 e. The molecule has 24 heavy (non-hydrogen) atoms. The Morgan fingerprint density at radius 2 is 1.88 bits per heavy atom. The Labute approximate surface area is 142 Å². The molecule has 2 rings (SSSR count). The van der Waals surface area contributed by atoms with Crippen LogP contribution in [-0.2, 0) is 4.74 Å². The van der Waals surface area contributed by atoms with Crippen LogP contribution in [0.3, 0.4) is 0 Å². The molecule has 1 aliphatic heterocycles. The fourth-order valence-corrected chi connectivity index (χ4v) is 2.77. The molecule has 0 spiro atoms. The summed E-state index contributed by atoms with van der Waals surface area (Å²) in [6.07, 6.45) is 0. The molecule has 0 radical (unpaired) electrons. The Morgan fingerprint density at radius 3 is 2.42 bits per heavy atom. The summed E-state index contributed by atoms with van der Waals surface area (Å²) in [6.45, 7) is 5.22. The van der Waals surface area contributed by atoms with Gasteiger partial charge in [0.15, 0.2) is 11.5 Å². The Hall–Kier alpha value is -1.99. The SMILES string of the molecule is CCOCC1CN(C(=O)c2cc(OC)c(OC)c(OC)c2)CCN1. The molecule has 134 valence electrons. The summed E-state index contributed by atoms with van der Waals surface area (Å²) in [6, 6.07) is 3.51. The second kappa shape index (κ2) is 8.75. The highest BCUT2D eigenvalue weighted by atomic mass is 16.5. The number of carbonyl (C=O) groups excluding carboxylic acids is 1. The molecule has 1 aliphatic rings. The van der Waals surface area contributed by atoms with Crippen LogP contribution in [0.1, 0.15) is 17.3 Å². The van der Waals surface area contributed by atoms with Gasteiger partial charge in [-0.25, -0.2) is 0 Å². The van der Waals surface area contributed by atoms with Crippen molar-refractivity contribution in [3.05, 3.63) is 17.7 Å². The van der Waals surface area contributed by atoms with Gasteiger partial charge in [-0.1, -0.05) is 0 Å². The van der Waals surface area contributed by atoms with Crippen LogP contribution in [0.15, 0.2) is 12.1 Å². The summed E-state index contributed by atoms with van der Waals surface area (Å²) < 4.78 is 21.4. The predicted octanol–water partition coefficient (Wildman–Crippen LogP) is 1.16. The Kier molecular flexibility index (Phi) is 6.69. The standard InChI is InChI=1S/C17H26N2O5/c1-5-24-11-13-10-19(7-6-18-13)17(20)12-8-14(21-2)16(23-4)15(9-12)22-3/h8-9,13,18H,5-7,10-11H2,1-4H3. The van der Waals surface area contributed by atoms with Crippen molar-refractivity contribution >= 4 is 5.91 Å². The molecule has 7 heteroatoms. The van der Waals surface area contributed by atoms with Gasteiger partial charge in [0.1, 0.15) is 0 Å². The largest absolute Gasteiger partial charge is 0.493 e. The minimum absolute atomic E-state index is 0.0581. The van der Waals surface area contributed by atoms with Gasteiger partial charge >= 0.3 is 0 Å². The molecule has 0 aliphatic carbocycles. The molecule has 1 saturated heterocycles. The summed E-state index contributed by atoms with van der Waals surface area (Å²) in [5.74, 6) is 1.37. The number of nitrogens with zero attached hydrogens (tertiary/aromatic N) is 1. The van der Waals surface area contributed by atoms with Crippen molar-refractivity contribution in [1.82, 2.24) is 10.2 Å². The second-order valence-electron chi connectivity index (χ2n) is 5.48. The van der Waals surface area contributed by atoms with Crippen LogP contribution in [0, 0.1) is 0 Å². The van der Waals surface area contributed by atoms with Crippen LogP contribution in [0.5, 0.6) is 17.2 Å². The van der Waals surface area contributed by atoms with E-state index in [1.807, 2.05) is 11.8 Å². The van der Waals surface area contributed by atoms with Crippen molar-refractivity contribution in [3.8, 4) is 17.2 Å². The van der Waals surface area contributed by atoms with Crippen molar-refractivity contribution in [3.63, 3.8) is 0 Å². The normalized spacial score (nSPS) is 17.5. The number of hydrogen-bond donors (Lipinski definition) is 1. The number of nitrogens with one attached hydrogen (secondary N) is 1. The molecule has 0 saturated carbocycles. The van der Waals surface area contributed by atoms with Crippen LogP contribution in [0.25, 0.3) is 0 Å². The molecule has 1 aromatic carbocycles. The first-order valence-electron chi connectivity index (χ1n) is 8.05. The van der Waals surface area contributed by atoms with E-state index in [1.165, 1.54) is 21.3 Å². The zero-order valence-corrected chi connectivity index (χ0v) is 14.8. The van der Waals surface area contributed by atoms with E-state index in [4.69, 9.17) is 18.9 Å². The van der Waals surface area contributed by atoms with Crippen molar-refractivity contribution in [2.75, 3.05) is 54.2 Å². The van der Waals surface area contributed by atoms with E-state index in [2.05, 4.69) is 5.32 Å². The Bertz CT molecular complexity index is 539. The minimum Gasteiger partial charge on any atom is -0.493 e. The first kappa shape index (κ1) is 18.4. The number of amides is 1. The molecule has 0 bridgehead atoms. The molecular weight excluding hydrogens is 312 g/mol.